The largest absolute Gasteiger partial charge is 0.348 e. The average Bonchev–Trinajstić information content (AvgIpc) is 3.21. The summed E-state index contributed by atoms with van der Waals surface area (Å²) in [7, 11) is -3.62. The zero-order chi connectivity index (χ0) is 24.0. The molecule has 1 aromatic carbocycles. The zero-order valence-corrected chi connectivity index (χ0v) is 21.1. The first-order valence-corrected chi connectivity index (χ1v) is 13.5. The molecule has 0 spiro atoms. The Morgan fingerprint density at radius 3 is 2.42 bits per heavy atom. The van der Waals surface area contributed by atoms with E-state index in [4.69, 9.17) is 0 Å². The van der Waals surface area contributed by atoms with Crippen LogP contribution in [0, 0.1) is 0 Å². The SMILES string of the molecule is CCCC(NC(=O)C(C)Sc1nnc2ccc(S(=O)(=O)N(CC)CC)cn12)c1ccccc1. The van der Waals surface area contributed by atoms with Crippen LogP contribution in [0.4, 0.5) is 0 Å². The van der Waals surface area contributed by atoms with E-state index in [1.807, 2.05) is 37.3 Å². The standard InChI is InChI=1S/C23H31N5O3S2/c1-5-11-20(18-12-9-8-10-13-18)24-22(29)17(4)32-23-26-25-21-15-14-19(16-28(21)23)33(30,31)27(6-2)7-3/h8-10,12-17,20H,5-7,11H2,1-4H3,(H,24,29). The first-order chi connectivity index (χ1) is 15.8. The van der Waals surface area contributed by atoms with Gasteiger partial charge in [-0.2, -0.15) is 4.31 Å². The highest BCUT2D eigenvalue weighted by atomic mass is 32.2. The van der Waals surface area contributed by atoms with Gasteiger partial charge in [-0.1, -0.05) is 69.3 Å². The molecular weight excluding hydrogens is 458 g/mol. The second-order valence-electron chi connectivity index (χ2n) is 7.69. The predicted molar refractivity (Wildman–Crippen MR) is 131 cm³/mol. The minimum Gasteiger partial charge on any atom is -0.348 e. The molecular formula is C23H31N5O3S2. The fourth-order valence-electron chi connectivity index (χ4n) is 3.59. The first kappa shape index (κ1) is 25.2. The highest BCUT2D eigenvalue weighted by molar-refractivity contribution is 8.00. The van der Waals surface area contributed by atoms with Crippen LogP contribution in [0.2, 0.25) is 0 Å². The molecule has 0 aliphatic rings. The van der Waals surface area contributed by atoms with Crippen LogP contribution in [-0.4, -0.2) is 51.6 Å². The fourth-order valence-corrected chi connectivity index (χ4v) is 5.89. The summed E-state index contributed by atoms with van der Waals surface area (Å²) in [6, 6.07) is 13.0. The van der Waals surface area contributed by atoms with Crippen LogP contribution in [0.5, 0.6) is 0 Å². The van der Waals surface area contributed by atoms with Gasteiger partial charge in [0.05, 0.1) is 16.2 Å². The third kappa shape index (κ3) is 5.74. The van der Waals surface area contributed by atoms with Gasteiger partial charge in [-0.3, -0.25) is 9.20 Å². The molecule has 0 saturated carbocycles. The number of amides is 1. The maximum Gasteiger partial charge on any atom is 0.244 e. The number of hydrogen-bond acceptors (Lipinski definition) is 6. The summed E-state index contributed by atoms with van der Waals surface area (Å²) in [4.78, 5) is 13.1. The second kappa shape index (κ2) is 11.1. The molecule has 8 nitrogen and oxygen atoms in total. The minimum absolute atomic E-state index is 0.0623. The number of hydrogen-bond donors (Lipinski definition) is 1. The van der Waals surface area contributed by atoms with Crippen molar-refractivity contribution in [3.05, 3.63) is 54.2 Å². The van der Waals surface area contributed by atoms with Gasteiger partial charge in [0, 0.05) is 19.3 Å². The van der Waals surface area contributed by atoms with Crippen LogP contribution < -0.4 is 5.32 Å². The van der Waals surface area contributed by atoms with Gasteiger partial charge in [-0.25, -0.2) is 8.42 Å². The molecule has 1 amide bonds. The van der Waals surface area contributed by atoms with E-state index in [2.05, 4.69) is 22.4 Å². The molecule has 0 fully saturated rings. The lowest BCUT2D eigenvalue weighted by Crippen LogP contribution is -2.34. The Hall–Kier alpha value is -2.43. The van der Waals surface area contributed by atoms with Gasteiger partial charge >= 0.3 is 0 Å². The molecule has 0 aliphatic carbocycles. The molecule has 0 radical (unpaired) electrons. The Kier molecular flexibility index (Phi) is 8.50. The van der Waals surface area contributed by atoms with Gasteiger partial charge < -0.3 is 5.32 Å². The lowest BCUT2D eigenvalue weighted by atomic mass is 10.0. The zero-order valence-electron chi connectivity index (χ0n) is 19.4. The van der Waals surface area contributed by atoms with Crippen LogP contribution in [0.15, 0.2) is 58.7 Å². The Morgan fingerprint density at radius 1 is 1.09 bits per heavy atom. The van der Waals surface area contributed by atoms with Crippen LogP contribution in [0.3, 0.4) is 0 Å². The van der Waals surface area contributed by atoms with E-state index in [0.29, 0.717) is 23.9 Å². The number of nitrogens with zero attached hydrogens (tertiary/aromatic N) is 4. The number of carbonyl (C=O) groups excluding carboxylic acids is 1. The molecule has 2 atom stereocenters. The topological polar surface area (TPSA) is 96.7 Å². The summed E-state index contributed by atoms with van der Waals surface area (Å²) in [5.41, 5.74) is 1.60. The molecule has 3 rings (SSSR count). The van der Waals surface area contributed by atoms with E-state index in [9.17, 15) is 13.2 Å². The van der Waals surface area contributed by atoms with Gasteiger partial charge in [0.15, 0.2) is 10.8 Å². The molecule has 2 aromatic heterocycles. The maximum absolute atomic E-state index is 13.0. The molecule has 2 unspecified atom stereocenters. The lowest BCUT2D eigenvalue weighted by molar-refractivity contribution is -0.121. The number of nitrogens with one attached hydrogen (secondary N) is 1. The fraction of sp³-hybridized carbons (Fsp3) is 0.435. The Balaban J connectivity index is 1.80. The summed E-state index contributed by atoms with van der Waals surface area (Å²) >= 11 is 1.25. The van der Waals surface area contributed by atoms with Crippen molar-refractivity contribution in [3.63, 3.8) is 0 Å². The number of rotatable bonds is 11. The molecule has 33 heavy (non-hydrogen) atoms. The van der Waals surface area contributed by atoms with Crippen molar-refractivity contribution in [1.29, 1.82) is 0 Å². The molecule has 10 heteroatoms. The van der Waals surface area contributed by atoms with Crippen molar-refractivity contribution in [2.75, 3.05) is 13.1 Å². The summed E-state index contributed by atoms with van der Waals surface area (Å²) in [5.74, 6) is -0.106. The minimum atomic E-state index is -3.62. The number of fused-ring (bicyclic) bond motifs is 1. The van der Waals surface area contributed by atoms with E-state index in [1.165, 1.54) is 28.3 Å². The lowest BCUT2D eigenvalue weighted by Gasteiger charge is -2.21. The van der Waals surface area contributed by atoms with E-state index in [-0.39, 0.29) is 16.8 Å². The van der Waals surface area contributed by atoms with E-state index in [1.54, 1.807) is 24.3 Å². The summed E-state index contributed by atoms with van der Waals surface area (Å²) in [5, 5.41) is 11.5. The maximum atomic E-state index is 13.0. The van der Waals surface area contributed by atoms with Gasteiger partial charge in [-0.15, -0.1) is 10.2 Å². The van der Waals surface area contributed by atoms with Gasteiger partial charge in [-0.05, 0) is 31.0 Å². The van der Waals surface area contributed by atoms with Crippen molar-refractivity contribution in [1.82, 2.24) is 24.2 Å². The number of carbonyl (C=O) groups is 1. The number of thioether (sulfide) groups is 1. The highest BCUT2D eigenvalue weighted by Crippen LogP contribution is 2.26. The molecule has 0 aliphatic heterocycles. The third-order valence-electron chi connectivity index (χ3n) is 5.43. The molecule has 3 aromatic rings. The first-order valence-electron chi connectivity index (χ1n) is 11.2. The summed E-state index contributed by atoms with van der Waals surface area (Å²) in [6.45, 7) is 8.29. The van der Waals surface area contributed by atoms with Gasteiger partial charge in [0.1, 0.15) is 0 Å². The van der Waals surface area contributed by atoms with Crippen molar-refractivity contribution >= 4 is 33.3 Å². The quantitative estimate of drug-likeness (QED) is 0.411. The van der Waals surface area contributed by atoms with Crippen molar-refractivity contribution in [2.24, 2.45) is 0 Å². The van der Waals surface area contributed by atoms with Gasteiger partial charge in [0.25, 0.3) is 0 Å². The van der Waals surface area contributed by atoms with Crippen molar-refractivity contribution in [3.8, 4) is 0 Å². The smallest absolute Gasteiger partial charge is 0.244 e. The number of pyridine rings is 1. The van der Waals surface area contributed by atoms with Crippen molar-refractivity contribution in [2.45, 2.75) is 61.9 Å². The van der Waals surface area contributed by atoms with E-state index >= 15 is 0 Å². The number of benzene rings is 1. The van der Waals surface area contributed by atoms with Crippen LogP contribution >= 0.6 is 11.8 Å². The summed E-state index contributed by atoms with van der Waals surface area (Å²) < 4.78 is 28.9. The van der Waals surface area contributed by atoms with Crippen LogP contribution in [-0.2, 0) is 14.8 Å². The Labute approximate surface area is 199 Å². The molecule has 178 valence electrons. The second-order valence-corrected chi connectivity index (χ2v) is 10.9. The molecule has 2 heterocycles. The van der Waals surface area contributed by atoms with Crippen molar-refractivity contribution < 1.29 is 13.2 Å². The van der Waals surface area contributed by atoms with Crippen LogP contribution in [0.1, 0.15) is 52.1 Å². The third-order valence-corrected chi connectivity index (χ3v) is 8.52. The van der Waals surface area contributed by atoms with Crippen LogP contribution in [0.25, 0.3) is 5.65 Å². The number of aromatic nitrogens is 3. The average molecular weight is 490 g/mol. The molecule has 1 N–H and O–H groups in total. The molecule has 0 saturated heterocycles. The van der Waals surface area contributed by atoms with Gasteiger partial charge in [0.2, 0.25) is 15.9 Å². The predicted octanol–water partition coefficient (Wildman–Crippen LogP) is 3.90. The Bertz CT molecular complexity index is 1180. The van der Waals surface area contributed by atoms with E-state index < -0.39 is 15.3 Å². The Morgan fingerprint density at radius 2 is 1.79 bits per heavy atom. The summed E-state index contributed by atoms with van der Waals surface area (Å²) in [6.07, 6.45) is 3.31. The number of sulfonamides is 1. The molecule has 0 bridgehead atoms. The van der Waals surface area contributed by atoms with E-state index in [0.717, 1.165) is 18.4 Å². The highest BCUT2D eigenvalue weighted by Gasteiger charge is 2.25. The monoisotopic (exact) mass is 489 g/mol. The normalized spacial score (nSPS) is 13.8.